The predicted octanol–water partition coefficient (Wildman–Crippen LogP) is -0.561. The minimum Gasteiger partial charge on any atom is -0.393 e. The summed E-state index contributed by atoms with van der Waals surface area (Å²) in [5, 5.41) is 15.7. The van der Waals surface area contributed by atoms with Crippen LogP contribution in [0.1, 0.15) is 19.3 Å². The summed E-state index contributed by atoms with van der Waals surface area (Å²) >= 11 is 0. The van der Waals surface area contributed by atoms with Crippen molar-refractivity contribution >= 4 is 22.2 Å². The maximum atomic E-state index is 9.71. The first-order chi connectivity index (χ1) is 9.34. The standard InChI is InChI=1S/C13H15NO.H2O4S/c15-10-5-6-13-12(7-10)11-4-2-1-3-9(11)8-14-13;1-5(2,3)4/h1-4,8,10,13-15H,5-7H2;(H2,1,2,3,4). The summed E-state index contributed by atoms with van der Waals surface area (Å²) in [4.78, 5) is 0. The Morgan fingerprint density at radius 1 is 1.15 bits per heavy atom. The van der Waals surface area contributed by atoms with Crippen molar-refractivity contribution in [1.82, 2.24) is 5.32 Å². The Bertz CT molecular complexity index is 690. The van der Waals surface area contributed by atoms with E-state index in [4.69, 9.17) is 17.5 Å². The van der Waals surface area contributed by atoms with Crippen molar-refractivity contribution in [1.29, 1.82) is 0 Å². The molecule has 2 unspecified atom stereocenters. The Morgan fingerprint density at radius 3 is 2.50 bits per heavy atom. The number of aliphatic hydroxyl groups excluding tert-OH is 1. The van der Waals surface area contributed by atoms with Crippen LogP contribution < -0.4 is 15.8 Å². The van der Waals surface area contributed by atoms with E-state index in [1.54, 1.807) is 0 Å². The molecular weight excluding hydrogens is 282 g/mol. The van der Waals surface area contributed by atoms with Crippen LogP contribution in [0, 0.1) is 0 Å². The van der Waals surface area contributed by atoms with Crippen LogP contribution in [0.25, 0.3) is 11.8 Å². The molecule has 1 fully saturated rings. The molecule has 1 aromatic rings. The molecule has 3 rings (SSSR count). The molecule has 110 valence electrons. The molecule has 4 N–H and O–H groups in total. The van der Waals surface area contributed by atoms with E-state index in [1.807, 2.05) is 0 Å². The first-order valence-electron chi connectivity index (χ1n) is 6.27. The maximum absolute atomic E-state index is 9.71. The highest BCUT2D eigenvalue weighted by Crippen LogP contribution is 2.24. The topological polar surface area (TPSA) is 107 Å². The molecule has 2 aliphatic rings. The number of hydrogen-bond donors (Lipinski definition) is 4. The van der Waals surface area contributed by atoms with Crippen molar-refractivity contribution in [3.63, 3.8) is 0 Å². The quantitative estimate of drug-likeness (QED) is 0.478. The van der Waals surface area contributed by atoms with Gasteiger partial charge in [0.05, 0.1) is 6.10 Å². The lowest BCUT2D eigenvalue weighted by molar-refractivity contribution is 0.152. The molecule has 0 aromatic heterocycles. The lowest BCUT2D eigenvalue weighted by atomic mass is 9.85. The molecule has 0 saturated heterocycles. The summed E-state index contributed by atoms with van der Waals surface area (Å²) in [6, 6.07) is 8.85. The lowest BCUT2D eigenvalue weighted by Gasteiger charge is -2.31. The van der Waals surface area contributed by atoms with Gasteiger partial charge in [0.25, 0.3) is 0 Å². The van der Waals surface area contributed by atoms with Crippen molar-refractivity contribution in [2.24, 2.45) is 0 Å². The highest BCUT2D eigenvalue weighted by atomic mass is 32.3. The van der Waals surface area contributed by atoms with Gasteiger partial charge in [-0.15, -0.1) is 0 Å². The van der Waals surface area contributed by atoms with E-state index in [-0.39, 0.29) is 6.10 Å². The predicted molar refractivity (Wildman–Crippen MR) is 74.5 cm³/mol. The molecule has 2 atom stereocenters. The van der Waals surface area contributed by atoms with Crippen molar-refractivity contribution in [3.8, 4) is 0 Å². The summed E-state index contributed by atoms with van der Waals surface area (Å²) in [7, 11) is -4.67. The third-order valence-electron chi connectivity index (χ3n) is 3.41. The van der Waals surface area contributed by atoms with Crippen molar-refractivity contribution in [3.05, 3.63) is 34.7 Å². The van der Waals surface area contributed by atoms with Crippen LogP contribution in [0.2, 0.25) is 0 Å². The zero-order chi connectivity index (χ0) is 14.8. The highest BCUT2D eigenvalue weighted by Gasteiger charge is 2.25. The van der Waals surface area contributed by atoms with Gasteiger partial charge < -0.3 is 10.4 Å². The summed E-state index contributed by atoms with van der Waals surface area (Å²) < 4.78 is 31.6. The molecule has 1 heterocycles. The van der Waals surface area contributed by atoms with Gasteiger partial charge in [0.15, 0.2) is 0 Å². The highest BCUT2D eigenvalue weighted by molar-refractivity contribution is 7.79. The van der Waals surface area contributed by atoms with Crippen LogP contribution in [0.15, 0.2) is 24.3 Å². The normalized spacial score (nSPS) is 24.2. The summed E-state index contributed by atoms with van der Waals surface area (Å²) in [6.45, 7) is 0. The molecule has 0 spiro atoms. The number of aliphatic hydroxyl groups is 1. The van der Waals surface area contributed by atoms with Gasteiger partial charge in [-0.3, -0.25) is 9.11 Å². The van der Waals surface area contributed by atoms with E-state index >= 15 is 0 Å². The second-order valence-corrected chi connectivity index (χ2v) is 5.75. The van der Waals surface area contributed by atoms with Gasteiger partial charge in [-0.05, 0) is 35.3 Å². The van der Waals surface area contributed by atoms with Gasteiger partial charge in [-0.2, -0.15) is 8.42 Å². The third-order valence-corrected chi connectivity index (χ3v) is 3.41. The van der Waals surface area contributed by atoms with E-state index in [9.17, 15) is 5.11 Å². The number of benzene rings is 1. The molecule has 0 amide bonds. The smallest absolute Gasteiger partial charge is 0.393 e. The molecule has 0 radical (unpaired) electrons. The Labute approximate surface area is 117 Å². The largest absolute Gasteiger partial charge is 0.394 e. The maximum Gasteiger partial charge on any atom is 0.394 e. The molecule has 1 saturated carbocycles. The van der Waals surface area contributed by atoms with Crippen molar-refractivity contribution in [2.75, 3.05) is 0 Å². The number of hydrogen-bond acceptors (Lipinski definition) is 4. The molecule has 1 aliphatic heterocycles. The van der Waals surface area contributed by atoms with E-state index in [2.05, 4.69) is 35.8 Å². The summed E-state index contributed by atoms with van der Waals surface area (Å²) in [5.41, 5.74) is 1.38. The SMILES string of the molecule is O=S(=O)(O)O.OC1CCC2NC=c3ccccc3=C2C1. The molecule has 20 heavy (non-hydrogen) atoms. The fourth-order valence-electron chi connectivity index (χ4n) is 2.62. The van der Waals surface area contributed by atoms with Gasteiger partial charge in [-0.25, -0.2) is 0 Å². The van der Waals surface area contributed by atoms with Gasteiger partial charge in [0.1, 0.15) is 0 Å². The van der Waals surface area contributed by atoms with Crippen LogP contribution in [-0.2, 0) is 10.4 Å². The van der Waals surface area contributed by atoms with E-state index < -0.39 is 10.4 Å². The van der Waals surface area contributed by atoms with Gasteiger partial charge in [0.2, 0.25) is 0 Å². The third kappa shape index (κ3) is 4.04. The van der Waals surface area contributed by atoms with E-state index in [1.165, 1.54) is 16.0 Å². The van der Waals surface area contributed by atoms with E-state index in [0.717, 1.165) is 19.3 Å². The number of fused-ring (bicyclic) bond motifs is 2. The first kappa shape index (κ1) is 15.0. The molecule has 6 nitrogen and oxygen atoms in total. The number of nitrogens with one attached hydrogen (secondary N) is 1. The average Bonchev–Trinajstić information content (AvgIpc) is 2.36. The van der Waals surface area contributed by atoms with Crippen molar-refractivity contribution in [2.45, 2.75) is 31.4 Å². The Hall–Kier alpha value is -1.41. The Balaban J connectivity index is 0.000000257. The minimum atomic E-state index is -4.67. The monoisotopic (exact) mass is 299 g/mol. The molecule has 1 aromatic carbocycles. The lowest BCUT2D eigenvalue weighted by Crippen LogP contribution is -2.45. The van der Waals surface area contributed by atoms with Crippen molar-refractivity contribution < 1.29 is 22.6 Å². The minimum absolute atomic E-state index is 0.149. The van der Waals surface area contributed by atoms with Crippen LogP contribution in [-0.4, -0.2) is 34.8 Å². The van der Waals surface area contributed by atoms with Gasteiger partial charge in [0, 0.05) is 12.2 Å². The van der Waals surface area contributed by atoms with Crippen LogP contribution >= 0.6 is 0 Å². The van der Waals surface area contributed by atoms with Crippen LogP contribution in [0.5, 0.6) is 0 Å². The fourth-order valence-corrected chi connectivity index (χ4v) is 2.62. The first-order valence-corrected chi connectivity index (χ1v) is 7.66. The Kier molecular flexibility index (Phi) is 4.44. The second kappa shape index (κ2) is 5.92. The molecular formula is C13H17NO5S. The summed E-state index contributed by atoms with van der Waals surface area (Å²) in [6.07, 6.45) is 4.73. The molecule has 7 heteroatoms. The summed E-state index contributed by atoms with van der Waals surface area (Å²) in [5.74, 6) is 0. The number of rotatable bonds is 0. The van der Waals surface area contributed by atoms with Gasteiger partial charge in [-0.1, -0.05) is 24.3 Å². The zero-order valence-electron chi connectivity index (χ0n) is 10.7. The molecule has 1 aliphatic carbocycles. The van der Waals surface area contributed by atoms with E-state index in [0.29, 0.717) is 6.04 Å². The average molecular weight is 299 g/mol. The fraction of sp³-hybridized carbons (Fsp3) is 0.385. The molecule has 0 bridgehead atoms. The van der Waals surface area contributed by atoms with Crippen LogP contribution in [0.3, 0.4) is 0 Å². The zero-order valence-corrected chi connectivity index (χ0v) is 11.5. The van der Waals surface area contributed by atoms with Gasteiger partial charge >= 0.3 is 10.4 Å². The van der Waals surface area contributed by atoms with Crippen LogP contribution in [0.4, 0.5) is 0 Å². The second-order valence-electron chi connectivity index (χ2n) is 4.86. The Morgan fingerprint density at radius 2 is 1.80 bits per heavy atom.